The minimum atomic E-state index is -0.834. The summed E-state index contributed by atoms with van der Waals surface area (Å²) in [6.45, 7) is 4.48. The van der Waals surface area contributed by atoms with Crippen LogP contribution in [-0.4, -0.2) is 15.4 Å². The Morgan fingerprint density at radius 2 is 1.60 bits per heavy atom. The van der Waals surface area contributed by atoms with Crippen molar-refractivity contribution in [1.29, 1.82) is 0 Å². The number of ether oxygens (including phenoxy) is 1. The molecule has 0 spiro atoms. The van der Waals surface area contributed by atoms with Crippen LogP contribution in [0.2, 0.25) is 18.1 Å². The summed E-state index contributed by atoms with van der Waals surface area (Å²) in [4.78, 5) is 0. The average Bonchev–Trinajstić information content (AvgIpc) is 2.77. The third kappa shape index (κ3) is 6.55. The number of benzene rings is 1. The SMILES string of the molecule is CCC[SiH]1CCC(C2CCC(CCCCc3ccc(OCC)c(F)c3F)CC2)CC1. The lowest BCUT2D eigenvalue weighted by molar-refractivity contribution is 0.184. The van der Waals surface area contributed by atoms with Crippen LogP contribution in [0.1, 0.15) is 83.6 Å². The second kappa shape index (κ2) is 12.2. The Bertz CT molecular complexity index is 634. The van der Waals surface area contributed by atoms with E-state index in [4.69, 9.17) is 4.74 Å². The van der Waals surface area contributed by atoms with Gasteiger partial charge in [-0.2, -0.15) is 4.39 Å². The van der Waals surface area contributed by atoms with Gasteiger partial charge >= 0.3 is 0 Å². The first-order chi connectivity index (χ1) is 14.6. The van der Waals surface area contributed by atoms with Gasteiger partial charge in [0, 0.05) is 8.80 Å². The molecule has 1 aromatic rings. The number of halogens is 2. The minimum absolute atomic E-state index is 0.0247. The van der Waals surface area contributed by atoms with E-state index in [1.165, 1.54) is 51.4 Å². The molecule has 1 aromatic carbocycles. The zero-order chi connectivity index (χ0) is 21.3. The maximum atomic E-state index is 14.2. The van der Waals surface area contributed by atoms with Crippen LogP contribution in [0.15, 0.2) is 12.1 Å². The molecular weight excluding hydrogens is 394 g/mol. The van der Waals surface area contributed by atoms with Gasteiger partial charge in [0.2, 0.25) is 5.82 Å². The predicted molar refractivity (Wildman–Crippen MR) is 125 cm³/mol. The molecule has 0 amide bonds. The van der Waals surface area contributed by atoms with Crippen LogP contribution >= 0.6 is 0 Å². The van der Waals surface area contributed by atoms with E-state index in [0.29, 0.717) is 18.6 Å². The van der Waals surface area contributed by atoms with Crippen molar-refractivity contribution in [2.45, 2.75) is 103 Å². The average molecular weight is 437 g/mol. The van der Waals surface area contributed by atoms with Crippen LogP contribution < -0.4 is 4.74 Å². The van der Waals surface area contributed by atoms with Gasteiger partial charge in [-0.15, -0.1) is 0 Å². The zero-order valence-electron chi connectivity index (χ0n) is 19.2. The Hall–Kier alpha value is -0.903. The second-order valence-corrected chi connectivity index (χ2v) is 13.3. The third-order valence-electron chi connectivity index (χ3n) is 7.88. The van der Waals surface area contributed by atoms with Crippen LogP contribution in [0.25, 0.3) is 0 Å². The van der Waals surface area contributed by atoms with Gasteiger partial charge in [-0.3, -0.25) is 0 Å². The number of unbranched alkanes of at least 4 members (excludes halogenated alkanes) is 1. The van der Waals surface area contributed by atoms with Crippen molar-refractivity contribution in [2.75, 3.05) is 6.61 Å². The molecule has 2 aliphatic rings. The van der Waals surface area contributed by atoms with E-state index in [1.807, 2.05) is 0 Å². The Kier molecular flexibility index (Phi) is 9.67. The van der Waals surface area contributed by atoms with Gasteiger partial charge in [-0.1, -0.05) is 76.1 Å². The normalized spacial score (nSPS) is 27.2. The molecule has 0 atom stereocenters. The van der Waals surface area contributed by atoms with Crippen molar-refractivity contribution in [3.63, 3.8) is 0 Å². The van der Waals surface area contributed by atoms with Crippen molar-refractivity contribution in [1.82, 2.24) is 0 Å². The standard InChI is InChI=1S/C26H42F2OSi/c1-3-17-30-18-15-22(16-19-30)21-11-9-20(10-12-21)7-5-6-8-23-13-14-24(29-4-2)26(28)25(23)27/h13-14,20-22,30H,3-12,15-19H2,1-2H3. The summed E-state index contributed by atoms with van der Waals surface area (Å²) >= 11 is 0. The Morgan fingerprint density at radius 1 is 0.900 bits per heavy atom. The maximum absolute atomic E-state index is 14.2. The highest BCUT2D eigenvalue weighted by Crippen LogP contribution is 2.42. The molecule has 3 rings (SSSR count). The number of hydrogen-bond acceptors (Lipinski definition) is 1. The van der Waals surface area contributed by atoms with Gasteiger partial charge in [0.25, 0.3) is 0 Å². The van der Waals surface area contributed by atoms with Crippen molar-refractivity contribution >= 4 is 8.80 Å². The lowest BCUT2D eigenvalue weighted by Gasteiger charge is -2.37. The lowest BCUT2D eigenvalue weighted by atomic mass is 9.73. The second-order valence-electron chi connectivity index (χ2n) is 9.88. The molecule has 1 nitrogen and oxygen atoms in total. The van der Waals surface area contributed by atoms with Gasteiger partial charge in [-0.05, 0) is 62.0 Å². The van der Waals surface area contributed by atoms with Gasteiger partial charge in [0.05, 0.1) is 6.61 Å². The van der Waals surface area contributed by atoms with Crippen molar-refractivity contribution < 1.29 is 13.5 Å². The molecule has 1 aliphatic heterocycles. The first-order valence-corrected chi connectivity index (χ1v) is 15.2. The molecule has 4 heteroatoms. The van der Waals surface area contributed by atoms with Crippen LogP contribution in [0, 0.1) is 29.4 Å². The van der Waals surface area contributed by atoms with Crippen LogP contribution in [0.3, 0.4) is 0 Å². The summed E-state index contributed by atoms with van der Waals surface area (Å²) in [6, 6.07) is 8.05. The molecule has 1 saturated heterocycles. The van der Waals surface area contributed by atoms with Crippen LogP contribution in [0.4, 0.5) is 8.78 Å². The van der Waals surface area contributed by atoms with Crippen molar-refractivity contribution in [2.24, 2.45) is 17.8 Å². The van der Waals surface area contributed by atoms with Crippen molar-refractivity contribution in [3.05, 3.63) is 29.3 Å². The fraction of sp³-hybridized carbons (Fsp3) is 0.769. The predicted octanol–water partition coefficient (Wildman–Crippen LogP) is 7.93. The van der Waals surface area contributed by atoms with Gasteiger partial charge in [0.1, 0.15) is 0 Å². The van der Waals surface area contributed by atoms with Crippen LogP contribution in [0.5, 0.6) is 5.75 Å². The van der Waals surface area contributed by atoms with E-state index in [0.717, 1.165) is 30.6 Å². The molecular formula is C26H42F2OSi. The third-order valence-corrected chi connectivity index (χ3v) is 11.6. The van der Waals surface area contributed by atoms with Gasteiger partial charge in [-0.25, -0.2) is 4.39 Å². The van der Waals surface area contributed by atoms with Crippen molar-refractivity contribution in [3.8, 4) is 5.75 Å². The van der Waals surface area contributed by atoms with E-state index in [-0.39, 0.29) is 14.5 Å². The molecule has 0 bridgehead atoms. The first-order valence-electron chi connectivity index (χ1n) is 12.7. The summed E-state index contributed by atoms with van der Waals surface area (Å²) in [6.07, 6.45) is 14.1. The number of rotatable bonds is 10. The Morgan fingerprint density at radius 3 is 2.27 bits per heavy atom. The van der Waals surface area contributed by atoms with E-state index < -0.39 is 11.6 Å². The quantitative estimate of drug-likeness (QED) is 0.267. The Balaban J connectivity index is 1.32. The van der Waals surface area contributed by atoms with Gasteiger partial charge in [0.15, 0.2) is 11.6 Å². The molecule has 0 radical (unpaired) electrons. The first kappa shape index (κ1) is 23.8. The van der Waals surface area contributed by atoms with Crippen LogP contribution in [-0.2, 0) is 6.42 Å². The minimum Gasteiger partial charge on any atom is -0.491 e. The summed E-state index contributed by atoms with van der Waals surface area (Å²) in [7, 11) is -0.348. The largest absolute Gasteiger partial charge is 0.491 e. The maximum Gasteiger partial charge on any atom is 0.200 e. The molecule has 0 N–H and O–H groups in total. The summed E-state index contributed by atoms with van der Waals surface area (Å²) in [5.41, 5.74) is 0.488. The molecule has 1 aliphatic carbocycles. The molecule has 1 saturated carbocycles. The topological polar surface area (TPSA) is 9.23 Å². The highest BCUT2D eigenvalue weighted by molar-refractivity contribution is 6.58. The highest BCUT2D eigenvalue weighted by Gasteiger charge is 2.30. The number of aryl methyl sites for hydroxylation is 1. The monoisotopic (exact) mass is 436 g/mol. The van der Waals surface area contributed by atoms with Gasteiger partial charge < -0.3 is 4.74 Å². The number of hydrogen-bond donors (Lipinski definition) is 0. The molecule has 1 heterocycles. The fourth-order valence-corrected chi connectivity index (χ4v) is 9.57. The van der Waals surface area contributed by atoms with E-state index in [9.17, 15) is 8.78 Å². The van der Waals surface area contributed by atoms with E-state index >= 15 is 0 Å². The lowest BCUT2D eigenvalue weighted by Crippen LogP contribution is -2.28. The highest BCUT2D eigenvalue weighted by atomic mass is 28.3. The van der Waals surface area contributed by atoms with E-state index in [1.54, 1.807) is 37.2 Å². The molecule has 30 heavy (non-hydrogen) atoms. The fourth-order valence-electron chi connectivity index (χ4n) is 6.09. The van der Waals surface area contributed by atoms with E-state index in [2.05, 4.69) is 6.92 Å². The molecule has 170 valence electrons. The molecule has 0 aromatic heterocycles. The zero-order valence-corrected chi connectivity index (χ0v) is 20.4. The summed E-state index contributed by atoms with van der Waals surface area (Å²) < 4.78 is 33.3. The molecule has 2 fully saturated rings. The molecule has 0 unspecified atom stereocenters. The summed E-state index contributed by atoms with van der Waals surface area (Å²) in [5.74, 6) is 1.35. The smallest absolute Gasteiger partial charge is 0.200 e. The summed E-state index contributed by atoms with van der Waals surface area (Å²) in [5, 5.41) is 0. The Labute approximate surface area is 184 Å².